The van der Waals surface area contributed by atoms with Crippen molar-refractivity contribution < 1.29 is 14.5 Å². The molecule has 0 saturated carbocycles. The molecule has 0 radical (unpaired) electrons. The molecule has 0 aromatic heterocycles. The first kappa shape index (κ1) is 18.9. The van der Waals surface area contributed by atoms with E-state index in [1.807, 2.05) is 6.07 Å². The number of amides is 1. The van der Waals surface area contributed by atoms with Crippen LogP contribution in [0.1, 0.15) is 5.56 Å². The van der Waals surface area contributed by atoms with Crippen LogP contribution < -0.4 is 10.2 Å². The number of nitrogens with zero attached hydrogens (tertiary/aromatic N) is 2. The number of rotatable bonds is 5. The summed E-state index contributed by atoms with van der Waals surface area (Å²) in [5.74, 6) is -0.349. The van der Waals surface area contributed by atoms with Gasteiger partial charge in [0.15, 0.2) is 0 Å². The number of anilines is 2. The van der Waals surface area contributed by atoms with Crippen LogP contribution in [0.4, 0.5) is 17.1 Å². The van der Waals surface area contributed by atoms with Gasteiger partial charge >= 0.3 is 0 Å². The average Bonchev–Trinajstić information content (AvgIpc) is 2.67. The summed E-state index contributed by atoms with van der Waals surface area (Å²) in [7, 11) is 0. The lowest BCUT2D eigenvalue weighted by Gasteiger charge is -2.30. The number of non-ortho nitro benzene ring substituents is 1. The molecule has 1 heterocycles. The molecule has 1 aliphatic heterocycles. The Labute approximate surface area is 161 Å². The zero-order chi connectivity index (χ0) is 19.2. The Bertz CT molecular complexity index is 879. The van der Waals surface area contributed by atoms with Gasteiger partial charge in [-0.2, -0.15) is 0 Å². The van der Waals surface area contributed by atoms with Gasteiger partial charge in [-0.1, -0.05) is 23.7 Å². The SMILES string of the molecule is O=C(C=Cc1cccc([N+](=O)[O-])c1)Nc1cc(Cl)ccc1N1CCOCC1. The first-order valence-corrected chi connectivity index (χ1v) is 8.76. The van der Waals surface area contributed by atoms with Gasteiger partial charge in [-0.15, -0.1) is 0 Å². The summed E-state index contributed by atoms with van der Waals surface area (Å²) in [5, 5.41) is 14.2. The van der Waals surface area contributed by atoms with E-state index in [1.165, 1.54) is 24.3 Å². The van der Waals surface area contributed by atoms with Gasteiger partial charge < -0.3 is 15.0 Å². The Balaban J connectivity index is 1.74. The third kappa shape index (κ3) is 5.06. The molecule has 8 heteroatoms. The van der Waals surface area contributed by atoms with E-state index in [9.17, 15) is 14.9 Å². The van der Waals surface area contributed by atoms with Gasteiger partial charge in [-0.25, -0.2) is 0 Å². The van der Waals surface area contributed by atoms with Gasteiger partial charge in [0.2, 0.25) is 5.91 Å². The highest BCUT2D eigenvalue weighted by Gasteiger charge is 2.16. The molecule has 0 atom stereocenters. The van der Waals surface area contributed by atoms with Crippen molar-refractivity contribution in [3.8, 4) is 0 Å². The van der Waals surface area contributed by atoms with Crippen molar-refractivity contribution in [1.82, 2.24) is 0 Å². The molecule has 2 aromatic carbocycles. The maximum atomic E-state index is 12.3. The van der Waals surface area contributed by atoms with E-state index in [2.05, 4.69) is 10.2 Å². The summed E-state index contributed by atoms with van der Waals surface area (Å²) in [6, 6.07) is 11.4. The summed E-state index contributed by atoms with van der Waals surface area (Å²) in [5.41, 5.74) is 2.03. The molecule has 0 aliphatic carbocycles. The Morgan fingerprint density at radius 2 is 2.00 bits per heavy atom. The molecular formula is C19H18ClN3O4. The molecule has 1 aliphatic rings. The molecule has 2 aromatic rings. The monoisotopic (exact) mass is 387 g/mol. The van der Waals surface area contributed by atoms with Crippen LogP contribution in [0.15, 0.2) is 48.5 Å². The number of nitro benzene ring substituents is 1. The fraction of sp³-hybridized carbons (Fsp3) is 0.211. The molecule has 0 spiro atoms. The Morgan fingerprint density at radius 1 is 1.22 bits per heavy atom. The number of benzene rings is 2. The fourth-order valence-electron chi connectivity index (χ4n) is 2.78. The van der Waals surface area contributed by atoms with Crippen LogP contribution in [0.25, 0.3) is 6.08 Å². The highest BCUT2D eigenvalue weighted by molar-refractivity contribution is 6.31. The minimum absolute atomic E-state index is 0.0259. The molecule has 1 saturated heterocycles. The summed E-state index contributed by atoms with van der Waals surface area (Å²) in [4.78, 5) is 24.8. The van der Waals surface area contributed by atoms with Crippen molar-refractivity contribution in [3.63, 3.8) is 0 Å². The topological polar surface area (TPSA) is 84.7 Å². The predicted molar refractivity (Wildman–Crippen MR) is 105 cm³/mol. The lowest BCUT2D eigenvalue weighted by Crippen LogP contribution is -2.36. The number of hydrogen-bond acceptors (Lipinski definition) is 5. The highest BCUT2D eigenvalue weighted by Crippen LogP contribution is 2.30. The van der Waals surface area contributed by atoms with Gasteiger partial charge in [0.1, 0.15) is 0 Å². The molecule has 0 unspecified atom stereocenters. The third-order valence-corrected chi connectivity index (χ3v) is 4.31. The van der Waals surface area contributed by atoms with Crippen molar-refractivity contribution in [1.29, 1.82) is 0 Å². The van der Waals surface area contributed by atoms with Gasteiger partial charge in [-0.3, -0.25) is 14.9 Å². The number of halogens is 1. The number of hydrogen-bond donors (Lipinski definition) is 1. The van der Waals surface area contributed by atoms with E-state index in [0.717, 1.165) is 18.8 Å². The summed E-state index contributed by atoms with van der Waals surface area (Å²) >= 11 is 6.08. The molecule has 27 heavy (non-hydrogen) atoms. The first-order chi connectivity index (χ1) is 13.0. The van der Waals surface area contributed by atoms with Crippen molar-refractivity contribution in [2.75, 3.05) is 36.5 Å². The van der Waals surface area contributed by atoms with Gasteiger partial charge in [0, 0.05) is 36.3 Å². The van der Waals surface area contributed by atoms with Crippen LogP contribution in [-0.2, 0) is 9.53 Å². The van der Waals surface area contributed by atoms with Crippen LogP contribution in [0, 0.1) is 10.1 Å². The molecular weight excluding hydrogens is 370 g/mol. The Morgan fingerprint density at radius 3 is 2.74 bits per heavy atom. The highest BCUT2D eigenvalue weighted by atomic mass is 35.5. The molecule has 3 rings (SSSR count). The standard InChI is InChI=1S/C19H18ClN3O4/c20-15-5-6-18(22-8-10-27-11-9-22)17(13-15)21-19(24)7-4-14-2-1-3-16(12-14)23(25)26/h1-7,12-13H,8-11H2,(H,21,24). The first-order valence-electron chi connectivity index (χ1n) is 8.39. The zero-order valence-corrected chi connectivity index (χ0v) is 15.2. The predicted octanol–water partition coefficient (Wildman–Crippen LogP) is 3.74. The second-order valence-corrected chi connectivity index (χ2v) is 6.37. The van der Waals surface area contributed by atoms with Crippen molar-refractivity contribution >= 4 is 40.6 Å². The molecule has 1 amide bonds. The number of ether oxygens (including phenoxy) is 1. The van der Waals surface area contributed by atoms with E-state index in [4.69, 9.17) is 16.3 Å². The van der Waals surface area contributed by atoms with Crippen LogP contribution in [0.2, 0.25) is 5.02 Å². The lowest BCUT2D eigenvalue weighted by molar-refractivity contribution is -0.384. The summed E-state index contributed by atoms with van der Waals surface area (Å²) in [6.07, 6.45) is 2.87. The second-order valence-electron chi connectivity index (χ2n) is 5.94. The number of carbonyl (C=O) groups is 1. The largest absolute Gasteiger partial charge is 0.378 e. The normalized spacial score (nSPS) is 14.3. The molecule has 140 valence electrons. The number of nitrogens with one attached hydrogen (secondary N) is 1. The van der Waals surface area contributed by atoms with Crippen LogP contribution in [0.3, 0.4) is 0 Å². The van der Waals surface area contributed by atoms with Gasteiger partial charge in [0.25, 0.3) is 5.69 Å². The fourth-order valence-corrected chi connectivity index (χ4v) is 2.95. The number of morpholine rings is 1. The average molecular weight is 388 g/mol. The van der Waals surface area contributed by atoms with Crippen LogP contribution in [0.5, 0.6) is 0 Å². The van der Waals surface area contributed by atoms with Crippen molar-refractivity contribution in [2.45, 2.75) is 0 Å². The van der Waals surface area contributed by atoms with E-state index >= 15 is 0 Å². The smallest absolute Gasteiger partial charge is 0.270 e. The summed E-state index contributed by atoms with van der Waals surface area (Å²) in [6.45, 7) is 2.72. The van der Waals surface area contributed by atoms with E-state index in [0.29, 0.717) is 29.5 Å². The Hall–Kier alpha value is -2.90. The van der Waals surface area contributed by atoms with Gasteiger partial charge in [0.05, 0.1) is 29.5 Å². The maximum absolute atomic E-state index is 12.3. The lowest BCUT2D eigenvalue weighted by atomic mass is 10.2. The quantitative estimate of drug-likeness (QED) is 0.480. The maximum Gasteiger partial charge on any atom is 0.270 e. The van der Waals surface area contributed by atoms with Crippen LogP contribution in [-0.4, -0.2) is 37.1 Å². The summed E-state index contributed by atoms with van der Waals surface area (Å²) < 4.78 is 5.37. The van der Waals surface area contributed by atoms with Gasteiger partial charge in [-0.05, 0) is 29.8 Å². The van der Waals surface area contributed by atoms with E-state index in [1.54, 1.807) is 24.3 Å². The molecule has 0 bridgehead atoms. The van der Waals surface area contributed by atoms with Crippen molar-refractivity contribution in [2.24, 2.45) is 0 Å². The number of carbonyl (C=O) groups excluding carboxylic acids is 1. The molecule has 7 nitrogen and oxygen atoms in total. The third-order valence-electron chi connectivity index (χ3n) is 4.08. The molecule has 1 fully saturated rings. The zero-order valence-electron chi connectivity index (χ0n) is 14.4. The molecule has 1 N–H and O–H groups in total. The van der Waals surface area contributed by atoms with E-state index < -0.39 is 4.92 Å². The van der Waals surface area contributed by atoms with E-state index in [-0.39, 0.29) is 11.6 Å². The minimum Gasteiger partial charge on any atom is -0.378 e. The minimum atomic E-state index is -0.474. The van der Waals surface area contributed by atoms with Crippen LogP contribution >= 0.6 is 11.6 Å². The number of nitro groups is 1. The second kappa shape index (κ2) is 8.66. The van der Waals surface area contributed by atoms with Crippen molar-refractivity contribution in [3.05, 3.63) is 69.2 Å². The Kier molecular flexibility index (Phi) is 6.05.